The number of hydrogen-bond donors (Lipinski definition) is 2. The van der Waals surface area contributed by atoms with E-state index in [2.05, 4.69) is 62.0 Å². The summed E-state index contributed by atoms with van der Waals surface area (Å²) in [5.74, 6) is -0.807. The Hall–Kier alpha value is -4.12. The summed E-state index contributed by atoms with van der Waals surface area (Å²) < 4.78 is 22.9. The number of aromatic nitrogens is 2. The zero-order valence-corrected chi connectivity index (χ0v) is 25.5. The molecule has 1 aliphatic heterocycles. The summed E-state index contributed by atoms with van der Waals surface area (Å²) in [7, 11) is 4.26. The summed E-state index contributed by atoms with van der Waals surface area (Å²) >= 11 is 0. The SMILES string of the molecule is CC.COc1nc(N(C)CC(=O)O)nc(OC)c1NC(=O)c1ccc(Cc2cc3c(cc2C)C(C)(C)OC3(C)C)o1. The monoisotopic (exact) mass is 568 g/mol. The number of hydrogen-bond acceptors (Lipinski definition) is 9. The van der Waals surface area contributed by atoms with Gasteiger partial charge in [0, 0.05) is 13.5 Å². The van der Waals surface area contributed by atoms with E-state index >= 15 is 0 Å². The van der Waals surface area contributed by atoms with Crippen LogP contribution in [0.15, 0.2) is 28.7 Å². The van der Waals surface area contributed by atoms with Gasteiger partial charge in [0.25, 0.3) is 5.91 Å². The molecule has 1 aliphatic rings. The normalized spacial score (nSPS) is 14.4. The molecule has 0 radical (unpaired) electrons. The van der Waals surface area contributed by atoms with Crippen LogP contribution in [-0.2, 0) is 27.2 Å². The molecule has 2 aromatic heterocycles. The van der Waals surface area contributed by atoms with E-state index in [1.54, 1.807) is 12.1 Å². The van der Waals surface area contributed by atoms with Crippen molar-refractivity contribution in [3.63, 3.8) is 0 Å². The van der Waals surface area contributed by atoms with E-state index in [-0.39, 0.29) is 41.3 Å². The number of likely N-dealkylation sites (N-methyl/N-ethyl adjacent to an activating group) is 1. The maximum Gasteiger partial charge on any atom is 0.323 e. The number of benzene rings is 1. The molecule has 11 nitrogen and oxygen atoms in total. The number of anilines is 2. The van der Waals surface area contributed by atoms with Crippen LogP contribution in [0, 0.1) is 6.92 Å². The number of carboxylic acids is 1. The Kier molecular flexibility index (Phi) is 9.33. The summed E-state index contributed by atoms with van der Waals surface area (Å²) in [6.07, 6.45) is 0.503. The molecule has 0 aliphatic carbocycles. The number of fused-ring (bicyclic) bond motifs is 1. The van der Waals surface area contributed by atoms with E-state index in [1.165, 1.54) is 31.7 Å². The first-order chi connectivity index (χ1) is 19.3. The number of amides is 1. The smallest absolute Gasteiger partial charge is 0.323 e. The largest absolute Gasteiger partial charge is 0.480 e. The summed E-state index contributed by atoms with van der Waals surface area (Å²) in [6.45, 7) is 14.0. The van der Waals surface area contributed by atoms with Gasteiger partial charge in [-0.25, -0.2) is 0 Å². The van der Waals surface area contributed by atoms with Crippen LogP contribution in [0.3, 0.4) is 0 Å². The Morgan fingerprint density at radius 3 is 2.10 bits per heavy atom. The van der Waals surface area contributed by atoms with Crippen molar-refractivity contribution >= 4 is 23.5 Å². The first-order valence-corrected chi connectivity index (χ1v) is 13.4. The van der Waals surface area contributed by atoms with Gasteiger partial charge in [0.15, 0.2) is 11.4 Å². The summed E-state index contributed by atoms with van der Waals surface area (Å²) in [5.41, 5.74) is 3.84. The lowest BCUT2D eigenvalue weighted by molar-refractivity contribution is -0.135. The average Bonchev–Trinajstić information content (AvgIpc) is 3.44. The highest BCUT2D eigenvalue weighted by atomic mass is 16.5. The molecule has 0 unspecified atom stereocenters. The van der Waals surface area contributed by atoms with Crippen molar-refractivity contribution < 1.29 is 33.3 Å². The maximum absolute atomic E-state index is 13.1. The molecule has 1 aromatic carbocycles. The number of aryl methyl sites for hydroxylation is 1. The number of carbonyl (C=O) groups excluding carboxylic acids is 1. The fraction of sp³-hybridized carbons (Fsp3) is 0.467. The highest BCUT2D eigenvalue weighted by molar-refractivity contribution is 6.03. The molecule has 0 saturated heterocycles. The van der Waals surface area contributed by atoms with Crippen molar-refractivity contribution in [3.05, 3.63) is 58.0 Å². The molecule has 0 spiro atoms. The molecule has 3 aromatic rings. The lowest BCUT2D eigenvalue weighted by Crippen LogP contribution is -2.27. The summed E-state index contributed by atoms with van der Waals surface area (Å²) in [6, 6.07) is 7.70. The number of rotatable bonds is 9. The van der Waals surface area contributed by atoms with Gasteiger partial charge >= 0.3 is 5.97 Å². The van der Waals surface area contributed by atoms with Gasteiger partial charge in [-0.3, -0.25) is 9.59 Å². The van der Waals surface area contributed by atoms with Crippen LogP contribution in [0.25, 0.3) is 0 Å². The van der Waals surface area contributed by atoms with Crippen molar-refractivity contribution in [1.82, 2.24) is 9.97 Å². The number of nitrogens with one attached hydrogen (secondary N) is 1. The van der Waals surface area contributed by atoms with Crippen LogP contribution < -0.4 is 19.7 Å². The van der Waals surface area contributed by atoms with E-state index < -0.39 is 17.5 Å². The van der Waals surface area contributed by atoms with Gasteiger partial charge in [-0.1, -0.05) is 26.0 Å². The topological polar surface area (TPSA) is 136 Å². The Morgan fingerprint density at radius 1 is 1.00 bits per heavy atom. The van der Waals surface area contributed by atoms with E-state index in [1.807, 2.05) is 13.8 Å². The van der Waals surface area contributed by atoms with Crippen LogP contribution in [0.4, 0.5) is 11.6 Å². The Labute approximate surface area is 240 Å². The molecule has 1 amide bonds. The number of furan rings is 1. The fourth-order valence-electron chi connectivity index (χ4n) is 4.90. The van der Waals surface area contributed by atoms with Crippen LogP contribution in [0.1, 0.15) is 80.1 Å². The predicted octanol–water partition coefficient (Wildman–Crippen LogP) is 5.29. The zero-order chi connectivity index (χ0) is 30.7. The van der Waals surface area contributed by atoms with Gasteiger partial charge in [-0.15, -0.1) is 0 Å². The molecule has 0 saturated carbocycles. The van der Waals surface area contributed by atoms with Crippen molar-refractivity contribution in [1.29, 1.82) is 0 Å². The molecule has 0 bridgehead atoms. The molecule has 41 heavy (non-hydrogen) atoms. The molecule has 2 N–H and O–H groups in total. The van der Waals surface area contributed by atoms with Crippen LogP contribution >= 0.6 is 0 Å². The molecule has 11 heteroatoms. The van der Waals surface area contributed by atoms with Gasteiger partial charge in [-0.2, -0.15) is 9.97 Å². The lowest BCUT2D eigenvalue weighted by Gasteiger charge is -2.24. The summed E-state index contributed by atoms with van der Waals surface area (Å²) in [4.78, 5) is 33.9. The van der Waals surface area contributed by atoms with Crippen molar-refractivity contribution in [2.24, 2.45) is 0 Å². The third kappa shape index (κ3) is 6.62. The van der Waals surface area contributed by atoms with Gasteiger partial charge in [-0.05, 0) is 69.0 Å². The van der Waals surface area contributed by atoms with Gasteiger partial charge in [0.1, 0.15) is 12.3 Å². The van der Waals surface area contributed by atoms with E-state index in [9.17, 15) is 9.59 Å². The second-order valence-corrected chi connectivity index (χ2v) is 10.5. The number of methoxy groups -OCH3 is 2. The molecule has 0 fully saturated rings. The van der Waals surface area contributed by atoms with Crippen molar-refractivity contribution in [2.75, 3.05) is 38.0 Å². The highest BCUT2D eigenvalue weighted by Crippen LogP contribution is 2.47. The molecular formula is C30H40N4O7. The molecule has 0 atom stereocenters. The average molecular weight is 569 g/mol. The third-order valence-electron chi connectivity index (χ3n) is 6.70. The molecular weight excluding hydrogens is 528 g/mol. The third-order valence-corrected chi connectivity index (χ3v) is 6.70. The molecule has 4 rings (SSSR count). The fourth-order valence-corrected chi connectivity index (χ4v) is 4.90. The van der Waals surface area contributed by atoms with Crippen LogP contribution in [0.5, 0.6) is 11.8 Å². The van der Waals surface area contributed by atoms with Gasteiger partial charge in [0.2, 0.25) is 17.7 Å². The van der Waals surface area contributed by atoms with E-state index in [0.29, 0.717) is 12.2 Å². The lowest BCUT2D eigenvalue weighted by atomic mass is 9.86. The Bertz CT molecular complexity index is 1400. The van der Waals surface area contributed by atoms with Crippen molar-refractivity contribution in [3.8, 4) is 11.8 Å². The van der Waals surface area contributed by atoms with Gasteiger partial charge < -0.3 is 34.0 Å². The zero-order valence-electron chi connectivity index (χ0n) is 25.5. The minimum absolute atomic E-state index is 0.00995. The second kappa shape index (κ2) is 12.2. The first-order valence-electron chi connectivity index (χ1n) is 13.4. The molecule has 3 heterocycles. The van der Waals surface area contributed by atoms with E-state index in [4.69, 9.17) is 23.7 Å². The molecule has 222 valence electrons. The minimum Gasteiger partial charge on any atom is -0.480 e. The first kappa shape index (κ1) is 31.4. The number of nitrogens with zero attached hydrogens (tertiary/aromatic N) is 3. The quantitative estimate of drug-likeness (QED) is 0.350. The number of ether oxygens (including phenoxy) is 3. The predicted molar refractivity (Wildman–Crippen MR) is 155 cm³/mol. The second-order valence-electron chi connectivity index (χ2n) is 10.5. The standard InChI is InChI=1S/C28H34N4O7.C2H6/c1-15-11-18-19(28(4,5)39-27(18,2)3)13-16(15)12-17-9-10-20(38-17)23(35)29-22-24(36-7)30-26(31-25(22)37-8)32(6)14-21(33)34;1-2/h9-11,13H,12,14H2,1-8H3,(H,29,35)(H,33,34);1-2H3. The van der Waals surface area contributed by atoms with Gasteiger partial charge in [0.05, 0.1) is 25.4 Å². The Morgan fingerprint density at radius 2 is 1.56 bits per heavy atom. The summed E-state index contributed by atoms with van der Waals surface area (Å²) in [5, 5.41) is 11.7. The minimum atomic E-state index is -1.05. The maximum atomic E-state index is 13.1. The number of aliphatic carboxylic acids is 1. The van der Waals surface area contributed by atoms with Crippen LogP contribution in [0.2, 0.25) is 0 Å². The van der Waals surface area contributed by atoms with E-state index in [0.717, 1.165) is 16.7 Å². The van der Waals surface area contributed by atoms with Crippen molar-refractivity contribution in [2.45, 2.75) is 66.1 Å². The number of carbonyl (C=O) groups is 2. The highest BCUT2D eigenvalue weighted by Gasteiger charge is 2.43. The number of carboxylic acid groups (broad SMARTS) is 1. The Balaban J connectivity index is 0.00000226. The van der Waals surface area contributed by atoms with Crippen LogP contribution in [-0.4, -0.2) is 54.8 Å².